The Hall–Kier alpha value is -2.37. The van der Waals surface area contributed by atoms with Gasteiger partial charge in [-0.3, -0.25) is 10.1 Å². The molecular weight excluding hydrogens is 356 g/mol. The van der Waals surface area contributed by atoms with E-state index < -0.39 is 6.29 Å². The Bertz CT molecular complexity index is 763. The van der Waals surface area contributed by atoms with Crippen molar-refractivity contribution >= 4 is 23.0 Å². The number of hydrogen-bond donors (Lipinski definition) is 2. The Morgan fingerprint density at radius 2 is 1.93 bits per heavy atom. The predicted molar refractivity (Wildman–Crippen MR) is 95.9 cm³/mol. The van der Waals surface area contributed by atoms with Gasteiger partial charge in [0, 0.05) is 13.3 Å². The number of aromatic hydroxyl groups is 1. The molecule has 2 N–H and O–H groups in total. The third-order valence-electron chi connectivity index (χ3n) is 3.25. The van der Waals surface area contributed by atoms with E-state index in [1.165, 1.54) is 11.6 Å². The van der Waals surface area contributed by atoms with Gasteiger partial charge in [-0.15, -0.1) is 5.10 Å². The van der Waals surface area contributed by atoms with Crippen LogP contribution in [0, 0.1) is 0 Å². The molecule has 11 heteroatoms. The Morgan fingerprint density at radius 3 is 2.56 bits per heavy atom. The highest BCUT2D eigenvalue weighted by atomic mass is 16.7. The van der Waals surface area contributed by atoms with E-state index in [4.69, 9.17) is 14.2 Å². The first-order valence-electron chi connectivity index (χ1n) is 8.72. The van der Waals surface area contributed by atoms with Crippen molar-refractivity contribution in [1.29, 1.82) is 0 Å². The van der Waals surface area contributed by atoms with E-state index in [0.29, 0.717) is 13.0 Å². The first-order chi connectivity index (χ1) is 12.8. The van der Waals surface area contributed by atoms with Gasteiger partial charge in [0.25, 0.3) is 0 Å². The number of hydrogen-bond acceptors (Lipinski definition) is 9. The van der Waals surface area contributed by atoms with Crippen LogP contribution in [-0.2, 0) is 25.7 Å². The molecule has 2 aromatic heterocycles. The predicted octanol–water partition coefficient (Wildman–Crippen LogP) is 1.43. The number of carbonyl (C=O) groups excluding carboxylic acids is 1. The van der Waals surface area contributed by atoms with Crippen LogP contribution in [0.2, 0.25) is 0 Å². The quantitative estimate of drug-likeness (QED) is 0.585. The number of fused-ring (bicyclic) bond motifs is 1. The van der Waals surface area contributed by atoms with Gasteiger partial charge in [0.2, 0.25) is 23.4 Å². The molecule has 0 radical (unpaired) electrons. The summed E-state index contributed by atoms with van der Waals surface area (Å²) in [5.74, 6) is -0.768. The van der Waals surface area contributed by atoms with E-state index in [9.17, 15) is 9.90 Å². The van der Waals surface area contributed by atoms with Gasteiger partial charge in [-0.1, -0.05) is 5.21 Å². The average Bonchev–Trinajstić information content (AvgIpc) is 2.94. The second kappa shape index (κ2) is 9.53. The van der Waals surface area contributed by atoms with Gasteiger partial charge in [-0.05, 0) is 27.7 Å². The highest BCUT2D eigenvalue weighted by Crippen LogP contribution is 2.21. The van der Waals surface area contributed by atoms with E-state index in [-0.39, 0.29) is 47.8 Å². The number of aromatic nitrogens is 5. The van der Waals surface area contributed by atoms with Crippen molar-refractivity contribution in [3.05, 3.63) is 0 Å². The minimum Gasteiger partial charge on any atom is -0.492 e. The third-order valence-corrected chi connectivity index (χ3v) is 3.25. The fourth-order valence-electron chi connectivity index (χ4n) is 2.22. The summed E-state index contributed by atoms with van der Waals surface area (Å²) in [6, 6.07) is 0. The maximum absolute atomic E-state index is 11.1. The second-order valence-corrected chi connectivity index (χ2v) is 6.43. The Kier molecular flexibility index (Phi) is 7.39. The lowest BCUT2D eigenvalue weighted by Gasteiger charge is -2.21. The fourth-order valence-corrected chi connectivity index (χ4v) is 2.22. The summed E-state index contributed by atoms with van der Waals surface area (Å²) < 4.78 is 18.3. The molecule has 0 bridgehead atoms. The Labute approximate surface area is 157 Å². The number of ether oxygens (including phenoxy) is 3. The highest BCUT2D eigenvalue weighted by Gasteiger charge is 2.18. The van der Waals surface area contributed by atoms with Crippen LogP contribution in [0.15, 0.2) is 0 Å². The van der Waals surface area contributed by atoms with Crippen LogP contribution in [0.1, 0.15) is 41.0 Å². The number of nitrogens with one attached hydrogen (secondary N) is 1. The van der Waals surface area contributed by atoms with E-state index in [0.717, 1.165) is 0 Å². The lowest BCUT2D eigenvalue weighted by Crippen LogP contribution is -2.25. The van der Waals surface area contributed by atoms with Crippen molar-refractivity contribution in [3.63, 3.8) is 0 Å². The topological polar surface area (TPSA) is 134 Å². The molecule has 1 unspecified atom stereocenters. The summed E-state index contributed by atoms with van der Waals surface area (Å²) in [7, 11) is 0. The summed E-state index contributed by atoms with van der Waals surface area (Å²) in [5.41, 5.74) is 0.338. The van der Waals surface area contributed by atoms with Gasteiger partial charge in [0.15, 0.2) is 11.8 Å². The smallest absolute Gasteiger partial charge is 0.244 e. The van der Waals surface area contributed by atoms with Crippen LogP contribution in [0.25, 0.3) is 11.2 Å². The van der Waals surface area contributed by atoms with Crippen LogP contribution < -0.4 is 5.32 Å². The van der Waals surface area contributed by atoms with Crippen LogP contribution in [-0.4, -0.2) is 61.1 Å². The first kappa shape index (κ1) is 20.9. The number of anilines is 1. The van der Waals surface area contributed by atoms with Gasteiger partial charge < -0.3 is 19.3 Å². The minimum absolute atomic E-state index is 0.0219. The maximum atomic E-state index is 11.1. The van der Waals surface area contributed by atoms with Crippen molar-refractivity contribution in [3.8, 4) is 5.88 Å². The highest BCUT2D eigenvalue weighted by molar-refractivity contribution is 5.88. The molecule has 1 atom stereocenters. The molecule has 0 spiro atoms. The van der Waals surface area contributed by atoms with E-state index in [2.05, 4.69) is 25.6 Å². The third kappa shape index (κ3) is 6.38. The van der Waals surface area contributed by atoms with E-state index in [1.54, 1.807) is 0 Å². The van der Waals surface area contributed by atoms with Crippen molar-refractivity contribution in [1.82, 2.24) is 25.0 Å². The summed E-state index contributed by atoms with van der Waals surface area (Å²) in [6.45, 7) is 9.51. The lowest BCUT2D eigenvalue weighted by molar-refractivity contribution is -0.191. The molecule has 0 aliphatic carbocycles. The van der Waals surface area contributed by atoms with Crippen LogP contribution >= 0.6 is 0 Å². The molecule has 2 aromatic rings. The van der Waals surface area contributed by atoms with Crippen molar-refractivity contribution in [2.45, 2.75) is 66.3 Å². The van der Waals surface area contributed by atoms with Gasteiger partial charge in [0.05, 0.1) is 18.8 Å². The summed E-state index contributed by atoms with van der Waals surface area (Å²) in [4.78, 5) is 19.0. The summed E-state index contributed by atoms with van der Waals surface area (Å²) >= 11 is 0. The van der Waals surface area contributed by atoms with Crippen molar-refractivity contribution in [2.24, 2.45) is 0 Å². The van der Waals surface area contributed by atoms with Gasteiger partial charge in [0.1, 0.15) is 6.73 Å². The molecule has 0 aliphatic heterocycles. The van der Waals surface area contributed by atoms with Crippen LogP contribution in [0.5, 0.6) is 5.88 Å². The molecule has 150 valence electrons. The largest absolute Gasteiger partial charge is 0.492 e. The van der Waals surface area contributed by atoms with Gasteiger partial charge in [-0.2, -0.15) is 9.97 Å². The van der Waals surface area contributed by atoms with Gasteiger partial charge >= 0.3 is 0 Å². The van der Waals surface area contributed by atoms with E-state index >= 15 is 0 Å². The fraction of sp³-hybridized carbons (Fsp3) is 0.688. The molecule has 27 heavy (non-hydrogen) atoms. The zero-order valence-electron chi connectivity index (χ0n) is 16.2. The first-order valence-corrected chi connectivity index (χ1v) is 8.72. The maximum Gasteiger partial charge on any atom is 0.244 e. The molecule has 0 fully saturated rings. The molecule has 2 rings (SSSR count). The number of carbonyl (C=O) groups is 1. The molecule has 11 nitrogen and oxygen atoms in total. The Morgan fingerprint density at radius 1 is 1.19 bits per heavy atom. The average molecular weight is 382 g/mol. The molecule has 0 aromatic carbocycles. The minimum atomic E-state index is -0.510. The SMILES string of the molecule is CC(=O)Nc1nc(O)c2c(nnn2COC(CCOC(C)C)OC(C)C)n1. The van der Waals surface area contributed by atoms with Crippen LogP contribution in [0.3, 0.4) is 0 Å². The standard InChI is InChI=1S/C16H26N6O5/c1-9(2)25-7-6-12(27-10(3)4)26-8-22-13-14(20-21-22)18-16(17-11(5)23)19-15(13)24/h9-10,12H,6-8H2,1-5H3,(H2,17,18,19,23,24). The Balaban J connectivity index is 2.08. The molecule has 1 amide bonds. The monoisotopic (exact) mass is 382 g/mol. The molecule has 0 saturated carbocycles. The zero-order valence-corrected chi connectivity index (χ0v) is 16.2. The van der Waals surface area contributed by atoms with Crippen LogP contribution in [0.4, 0.5) is 5.95 Å². The molecule has 0 saturated heterocycles. The number of rotatable bonds is 10. The van der Waals surface area contributed by atoms with Crippen molar-refractivity contribution in [2.75, 3.05) is 11.9 Å². The molecule has 2 heterocycles. The summed E-state index contributed by atoms with van der Waals surface area (Å²) in [6.07, 6.45) is 0.122. The normalized spacial score (nSPS) is 12.9. The lowest BCUT2D eigenvalue weighted by atomic mass is 10.4. The molecule has 0 aliphatic rings. The van der Waals surface area contributed by atoms with Gasteiger partial charge in [-0.25, -0.2) is 4.68 Å². The zero-order chi connectivity index (χ0) is 20.0. The second-order valence-electron chi connectivity index (χ2n) is 6.43. The van der Waals surface area contributed by atoms with E-state index in [1.807, 2.05) is 27.7 Å². The molecular formula is C16H26N6O5. The number of amides is 1. The van der Waals surface area contributed by atoms with Crippen molar-refractivity contribution < 1.29 is 24.1 Å². The number of nitrogens with zero attached hydrogens (tertiary/aromatic N) is 5. The summed E-state index contributed by atoms with van der Waals surface area (Å²) in [5, 5.41) is 20.3.